The van der Waals surface area contributed by atoms with Crippen molar-refractivity contribution in [2.45, 2.75) is 19.4 Å². The van der Waals surface area contributed by atoms with Crippen molar-refractivity contribution in [3.8, 4) is 0 Å². The molecule has 0 saturated heterocycles. The first-order valence-corrected chi connectivity index (χ1v) is 4.97. The molecule has 90 valence electrons. The van der Waals surface area contributed by atoms with Gasteiger partial charge in [0.25, 0.3) is 6.01 Å². The number of aromatic nitrogens is 1. The molecule has 0 aliphatic heterocycles. The topological polar surface area (TPSA) is 75.4 Å². The largest absolute Gasteiger partial charge is 0.480 e. The average molecular weight is 238 g/mol. The molecule has 0 amide bonds. The number of para-hydroxylation sites is 1. The van der Waals surface area contributed by atoms with Crippen molar-refractivity contribution in [2.75, 3.05) is 5.32 Å². The van der Waals surface area contributed by atoms with Crippen molar-refractivity contribution in [3.63, 3.8) is 0 Å². The van der Waals surface area contributed by atoms with Crippen molar-refractivity contribution >= 4 is 23.1 Å². The van der Waals surface area contributed by atoms with Gasteiger partial charge < -0.3 is 14.8 Å². The zero-order chi connectivity index (χ0) is 12.6. The Bertz CT molecular complexity index is 577. The van der Waals surface area contributed by atoms with E-state index in [1.165, 1.54) is 26.0 Å². The first kappa shape index (κ1) is 11.4. The number of carboxylic acids is 1. The maximum Gasteiger partial charge on any atom is 0.328 e. The van der Waals surface area contributed by atoms with Gasteiger partial charge in [-0.05, 0) is 26.0 Å². The summed E-state index contributed by atoms with van der Waals surface area (Å²) in [7, 11) is 0. The van der Waals surface area contributed by atoms with Gasteiger partial charge in [0.15, 0.2) is 11.4 Å². The van der Waals surface area contributed by atoms with E-state index in [4.69, 9.17) is 9.52 Å². The highest BCUT2D eigenvalue weighted by molar-refractivity contribution is 5.82. The van der Waals surface area contributed by atoms with Crippen molar-refractivity contribution < 1.29 is 18.7 Å². The van der Waals surface area contributed by atoms with E-state index in [2.05, 4.69) is 10.3 Å². The Kier molecular flexibility index (Phi) is 2.49. The number of nitrogens with zero attached hydrogens (tertiary/aromatic N) is 1. The number of hydrogen-bond acceptors (Lipinski definition) is 4. The normalized spacial score (nSPS) is 11.7. The molecule has 0 aliphatic carbocycles. The second-order valence-electron chi connectivity index (χ2n) is 4.16. The van der Waals surface area contributed by atoms with Gasteiger partial charge in [-0.25, -0.2) is 9.18 Å². The lowest BCUT2D eigenvalue weighted by Crippen LogP contribution is -2.40. The lowest BCUT2D eigenvalue weighted by molar-refractivity contribution is -0.141. The van der Waals surface area contributed by atoms with Gasteiger partial charge in [0, 0.05) is 0 Å². The lowest BCUT2D eigenvalue weighted by atomic mass is 10.1. The maximum atomic E-state index is 13.3. The first-order valence-electron chi connectivity index (χ1n) is 4.97. The Hall–Kier alpha value is -2.11. The van der Waals surface area contributed by atoms with Crippen molar-refractivity contribution in [2.24, 2.45) is 0 Å². The number of rotatable bonds is 3. The molecule has 0 fully saturated rings. The number of anilines is 1. The fourth-order valence-corrected chi connectivity index (χ4v) is 1.29. The molecule has 0 atom stereocenters. The van der Waals surface area contributed by atoms with Crippen LogP contribution in [0.25, 0.3) is 11.1 Å². The molecule has 0 saturated carbocycles. The highest BCUT2D eigenvalue weighted by atomic mass is 19.1. The molecule has 0 aliphatic rings. The molecule has 2 N–H and O–H groups in total. The van der Waals surface area contributed by atoms with Crippen molar-refractivity contribution in [1.82, 2.24) is 4.98 Å². The minimum atomic E-state index is -1.24. The van der Waals surface area contributed by atoms with Crippen LogP contribution in [-0.2, 0) is 4.79 Å². The average Bonchev–Trinajstić information content (AvgIpc) is 2.60. The Morgan fingerprint density at radius 1 is 1.53 bits per heavy atom. The molecule has 1 aromatic carbocycles. The third kappa shape index (κ3) is 2.06. The Morgan fingerprint density at radius 2 is 2.24 bits per heavy atom. The van der Waals surface area contributed by atoms with Crippen molar-refractivity contribution in [3.05, 3.63) is 24.0 Å². The summed E-state index contributed by atoms with van der Waals surface area (Å²) in [5, 5.41) is 11.5. The van der Waals surface area contributed by atoms with Crippen LogP contribution in [0, 0.1) is 5.82 Å². The zero-order valence-corrected chi connectivity index (χ0v) is 9.32. The molecule has 0 bridgehead atoms. The lowest BCUT2D eigenvalue weighted by Gasteiger charge is -2.18. The molecule has 1 heterocycles. The highest BCUT2D eigenvalue weighted by Gasteiger charge is 2.28. The Labute approximate surface area is 96.3 Å². The number of fused-ring (bicyclic) bond motifs is 1. The van der Waals surface area contributed by atoms with E-state index in [1.807, 2.05) is 0 Å². The van der Waals surface area contributed by atoms with Gasteiger partial charge in [-0.1, -0.05) is 6.07 Å². The number of benzene rings is 1. The minimum absolute atomic E-state index is 0.0104. The molecule has 1 aromatic heterocycles. The number of aliphatic carboxylic acids is 1. The summed E-state index contributed by atoms with van der Waals surface area (Å²) in [6, 6.07) is 4.32. The van der Waals surface area contributed by atoms with Crippen LogP contribution in [-0.4, -0.2) is 21.6 Å². The van der Waals surface area contributed by atoms with E-state index in [0.29, 0.717) is 5.52 Å². The molecule has 17 heavy (non-hydrogen) atoms. The predicted octanol–water partition coefficient (Wildman–Crippen LogP) is 2.24. The number of nitrogens with one attached hydrogen (secondary N) is 1. The van der Waals surface area contributed by atoms with Crippen LogP contribution in [0.3, 0.4) is 0 Å². The standard InChI is InChI=1S/C11H11FN2O3/c1-11(2,9(15)16)14-10-13-7-5-3-4-6(12)8(7)17-10/h3-5H,1-2H3,(H,13,14)(H,15,16). The zero-order valence-electron chi connectivity index (χ0n) is 9.32. The van der Waals surface area contributed by atoms with Gasteiger partial charge in [-0.2, -0.15) is 4.98 Å². The van der Waals surface area contributed by atoms with Gasteiger partial charge in [-0.15, -0.1) is 0 Å². The van der Waals surface area contributed by atoms with Crippen LogP contribution in [0.1, 0.15) is 13.8 Å². The third-order valence-corrected chi connectivity index (χ3v) is 2.32. The van der Waals surface area contributed by atoms with Crippen molar-refractivity contribution in [1.29, 1.82) is 0 Å². The highest BCUT2D eigenvalue weighted by Crippen LogP contribution is 2.23. The van der Waals surface area contributed by atoms with Gasteiger partial charge >= 0.3 is 5.97 Å². The summed E-state index contributed by atoms with van der Waals surface area (Å²) in [5.74, 6) is -1.59. The van der Waals surface area contributed by atoms with Crippen LogP contribution in [0.15, 0.2) is 22.6 Å². The number of oxazole rings is 1. The first-order chi connectivity index (χ1) is 7.90. The van der Waals surface area contributed by atoms with Crippen LogP contribution >= 0.6 is 0 Å². The van der Waals surface area contributed by atoms with Gasteiger partial charge in [0.05, 0.1) is 0 Å². The van der Waals surface area contributed by atoms with Gasteiger partial charge in [-0.3, -0.25) is 0 Å². The summed E-state index contributed by atoms with van der Waals surface area (Å²) in [5.41, 5.74) is -0.887. The summed E-state index contributed by atoms with van der Waals surface area (Å²) < 4.78 is 18.4. The summed E-state index contributed by atoms with van der Waals surface area (Å²) in [6.45, 7) is 2.92. The minimum Gasteiger partial charge on any atom is -0.480 e. The number of carbonyl (C=O) groups is 1. The van der Waals surface area contributed by atoms with Crippen LogP contribution in [0.2, 0.25) is 0 Å². The van der Waals surface area contributed by atoms with Crippen LogP contribution < -0.4 is 5.32 Å². The second-order valence-corrected chi connectivity index (χ2v) is 4.16. The molecule has 2 rings (SSSR count). The summed E-state index contributed by atoms with van der Waals surface area (Å²) in [4.78, 5) is 14.9. The molecule has 0 radical (unpaired) electrons. The molecule has 0 unspecified atom stereocenters. The number of carboxylic acid groups (broad SMARTS) is 1. The molecule has 5 nitrogen and oxygen atoms in total. The fraction of sp³-hybridized carbons (Fsp3) is 0.273. The van der Waals surface area contributed by atoms with Crippen LogP contribution in [0.5, 0.6) is 0 Å². The Morgan fingerprint density at radius 3 is 2.82 bits per heavy atom. The van der Waals surface area contributed by atoms with Gasteiger partial charge in [0.1, 0.15) is 11.1 Å². The smallest absolute Gasteiger partial charge is 0.328 e. The second kappa shape index (κ2) is 3.73. The quantitative estimate of drug-likeness (QED) is 0.857. The monoisotopic (exact) mass is 238 g/mol. The van der Waals surface area contributed by atoms with E-state index in [1.54, 1.807) is 6.07 Å². The van der Waals surface area contributed by atoms with Crippen LogP contribution in [0.4, 0.5) is 10.4 Å². The molecule has 2 aromatic rings. The molecule has 6 heteroatoms. The van der Waals surface area contributed by atoms with E-state index in [9.17, 15) is 9.18 Å². The summed E-state index contributed by atoms with van der Waals surface area (Å²) in [6.07, 6.45) is 0. The molecule has 0 spiro atoms. The predicted molar refractivity (Wildman–Crippen MR) is 59.3 cm³/mol. The van der Waals surface area contributed by atoms with E-state index in [-0.39, 0.29) is 11.6 Å². The Balaban J connectivity index is 2.38. The molecular weight excluding hydrogens is 227 g/mol. The summed E-state index contributed by atoms with van der Waals surface area (Å²) >= 11 is 0. The van der Waals surface area contributed by atoms with E-state index < -0.39 is 17.3 Å². The van der Waals surface area contributed by atoms with Gasteiger partial charge in [0.2, 0.25) is 0 Å². The third-order valence-electron chi connectivity index (χ3n) is 2.32. The van der Waals surface area contributed by atoms with E-state index in [0.717, 1.165) is 0 Å². The fourth-order valence-electron chi connectivity index (χ4n) is 1.29. The number of halogens is 1. The molecular formula is C11H11FN2O3. The number of hydrogen-bond donors (Lipinski definition) is 2. The van der Waals surface area contributed by atoms with E-state index >= 15 is 0 Å². The maximum absolute atomic E-state index is 13.3. The SMILES string of the molecule is CC(C)(Nc1nc2cccc(F)c2o1)C(=O)O.